The predicted octanol–water partition coefficient (Wildman–Crippen LogP) is 3.50. The van der Waals surface area contributed by atoms with Crippen LogP contribution in [0.5, 0.6) is 0 Å². The summed E-state index contributed by atoms with van der Waals surface area (Å²) in [6.45, 7) is 3.44. The average Bonchev–Trinajstić information content (AvgIpc) is 2.39. The summed E-state index contributed by atoms with van der Waals surface area (Å²) in [4.78, 5) is 11.8. The van der Waals surface area contributed by atoms with Crippen LogP contribution in [0.15, 0.2) is 18.2 Å². The normalized spacial score (nSPS) is 14.7. The average molecular weight is 290 g/mol. The highest BCUT2D eigenvalue weighted by molar-refractivity contribution is 5.91. The molecule has 0 unspecified atom stereocenters. The summed E-state index contributed by atoms with van der Waals surface area (Å²) in [6, 6.07) is 5.50. The molecule has 1 aromatic carbocycles. The summed E-state index contributed by atoms with van der Waals surface area (Å²) in [5, 5.41) is 2.91. The van der Waals surface area contributed by atoms with E-state index < -0.39 is 0 Å². The Bertz CT molecular complexity index is 470. The molecule has 0 radical (unpaired) electrons. The molecular weight excluding hydrogens is 264 g/mol. The first-order valence-corrected chi connectivity index (χ1v) is 7.89. The molecule has 0 aliphatic heterocycles. The molecule has 0 heterocycles. The van der Waals surface area contributed by atoms with E-state index in [1.807, 2.05) is 19.1 Å². The highest BCUT2D eigenvalue weighted by atomic mass is 16.5. The topological polar surface area (TPSA) is 64.3 Å². The number of ether oxygens (including phenoxy) is 1. The quantitative estimate of drug-likeness (QED) is 0.569. The zero-order valence-corrected chi connectivity index (χ0v) is 12.9. The van der Waals surface area contributed by atoms with Crippen molar-refractivity contribution in [3.05, 3.63) is 23.8 Å². The van der Waals surface area contributed by atoms with E-state index in [4.69, 9.17) is 10.5 Å². The van der Waals surface area contributed by atoms with Crippen molar-refractivity contribution in [2.45, 2.75) is 45.4 Å². The molecule has 1 aliphatic rings. The molecule has 0 aromatic heterocycles. The number of amides is 1. The van der Waals surface area contributed by atoms with E-state index in [-0.39, 0.29) is 5.91 Å². The Morgan fingerprint density at radius 3 is 2.86 bits per heavy atom. The third-order valence-corrected chi connectivity index (χ3v) is 4.11. The minimum atomic E-state index is 0.0328. The minimum absolute atomic E-state index is 0.0328. The van der Waals surface area contributed by atoms with Gasteiger partial charge in [-0.1, -0.05) is 19.3 Å². The number of hydrogen-bond donors (Lipinski definition) is 2. The van der Waals surface area contributed by atoms with Gasteiger partial charge in [-0.05, 0) is 49.4 Å². The van der Waals surface area contributed by atoms with Crippen LogP contribution in [0.3, 0.4) is 0 Å². The maximum atomic E-state index is 11.8. The van der Waals surface area contributed by atoms with Gasteiger partial charge >= 0.3 is 0 Å². The Labute approximate surface area is 127 Å². The largest absolute Gasteiger partial charge is 0.399 e. The van der Waals surface area contributed by atoms with Gasteiger partial charge in [0.1, 0.15) is 0 Å². The highest BCUT2D eigenvalue weighted by Gasteiger charge is 2.16. The second-order valence-electron chi connectivity index (χ2n) is 5.92. The Morgan fingerprint density at radius 1 is 1.38 bits per heavy atom. The fourth-order valence-corrected chi connectivity index (χ4v) is 2.51. The van der Waals surface area contributed by atoms with E-state index in [0.29, 0.717) is 18.7 Å². The van der Waals surface area contributed by atoms with Gasteiger partial charge in [-0.15, -0.1) is 0 Å². The molecule has 4 heteroatoms. The van der Waals surface area contributed by atoms with Crippen molar-refractivity contribution in [3.63, 3.8) is 0 Å². The summed E-state index contributed by atoms with van der Waals surface area (Å²) in [6.07, 6.45) is 6.56. The van der Waals surface area contributed by atoms with Crippen molar-refractivity contribution in [1.82, 2.24) is 0 Å². The fraction of sp³-hybridized carbons (Fsp3) is 0.588. The molecule has 0 saturated heterocycles. The lowest BCUT2D eigenvalue weighted by molar-refractivity contribution is -0.116. The van der Waals surface area contributed by atoms with Crippen LogP contribution in [0.4, 0.5) is 11.4 Å². The molecule has 1 fully saturated rings. The fourth-order valence-electron chi connectivity index (χ4n) is 2.51. The zero-order chi connectivity index (χ0) is 15.1. The Morgan fingerprint density at radius 2 is 2.19 bits per heavy atom. The number of benzene rings is 1. The van der Waals surface area contributed by atoms with Crippen LogP contribution in [0.2, 0.25) is 0 Å². The first-order chi connectivity index (χ1) is 10.1. The van der Waals surface area contributed by atoms with Crippen LogP contribution in [-0.2, 0) is 9.53 Å². The lowest BCUT2D eigenvalue weighted by atomic mass is 9.83. The molecule has 4 nitrogen and oxygen atoms in total. The van der Waals surface area contributed by atoms with Gasteiger partial charge in [-0.3, -0.25) is 4.79 Å². The number of aryl methyl sites for hydroxylation is 1. The molecule has 0 spiro atoms. The maximum Gasteiger partial charge on any atom is 0.224 e. The van der Waals surface area contributed by atoms with Gasteiger partial charge in [0.15, 0.2) is 0 Å². The SMILES string of the molecule is Cc1cc(N)ccc1NC(=O)CCCOCCC1CCC1. The first-order valence-electron chi connectivity index (χ1n) is 7.89. The van der Waals surface area contributed by atoms with Gasteiger partial charge in [-0.25, -0.2) is 0 Å². The van der Waals surface area contributed by atoms with Gasteiger partial charge in [0.2, 0.25) is 5.91 Å². The summed E-state index contributed by atoms with van der Waals surface area (Å²) >= 11 is 0. The second-order valence-corrected chi connectivity index (χ2v) is 5.92. The second kappa shape index (κ2) is 8.03. The summed E-state index contributed by atoms with van der Waals surface area (Å²) < 4.78 is 5.58. The summed E-state index contributed by atoms with van der Waals surface area (Å²) in [7, 11) is 0. The standard InChI is InChI=1S/C17H26N2O2/c1-13-12-15(18)7-8-16(13)19-17(20)6-3-10-21-11-9-14-4-2-5-14/h7-8,12,14H,2-6,9-11,18H2,1H3,(H,19,20). The van der Waals surface area contributed by atoms with Crippen molar-refractivity contribution in [1.29, 1.82) is 0 Å². The van der Waals surface area contributed by atoms with Crippen LogP contribution in [0.25, 0.3) is 0 Å². The van der Waals surface area contributed by atoms with Gasteiger partial charge in [-0.2, -0.15) is 0 Å². The number of carbonyl (C=O) groups excluding carboxylic acids is 1. The molecular formula is C17H26N2O2. The van der Waals surface area contributed by atoms with Crippen molar-refractivity contribution in [2.24, 2.45) is 5.92 Å². The molecule has 3 N–H and O–H groups in total. The molecule has 2 rings (SSSR count). The van der Waals surface area contributed by atoms with Crippen LogP contribution >= 0.6 is 0 Å². The Hall–Kier alpha value is -1.55. The van der Waals surface area contributed by atoms with Crippen LogP contribution in [0, 0.1) is 12.8 Å². The van der Waals surface area contributed by atoms with Gasteiger partial charge in [0.05, 0.1) is 0 Å². The van der Waals surface area contributed by atoms with E-state index >= 15 is 0 Å². The van der Waals surface area contributed by atoms with Crippen molar-refractivity contribution < 1.29 is 9.53 Å². The minimum Gasteiger partial charge on any atom is -0.399 e. The Kier molecular flexibility index (Phi) is 6.05. The van der Waals surface area contributed by atoms with E-state index in [1.54, 1.807) is 6.07 Å². The number of hydrogen-bond acceptors (Lipinski definition) is 3. The maximum absolute atomic E-state index is 11.8. The van der Waals surface area contributed by atoms with E-state index in [2.05, 4.69) is 5.32 Å². The van der Waals surface area contributed by atoms with Crippen molar-refractivity contribution in [2.75, 3.05) is 24.3 Å². The third kappa shape index (κ3) is 5.38. The number of nitrogen functional groups attached to an aromatic ring is 1. The molecule has 1 aliphatic carbocycles. The lowest BCUT2D eigenvalue weighted by Crippen LogP contribution is -2.15. The van der Waals surface area contributed by atoms with Crippen molar-refractivity contribution in [3.8, 4) is 0 Å². The first kappa shape index (κ1) is 15.8. The highest BCUT2D eigenvalue weighted by Crippen LogP contribution is 2.29. The van der Waals surface area contributed by atoms with Crippen molar-refractivity contribution >= 4 is 17.3 Å². The van der Waals surface area contributed by atoms with Gasteiger partial charge in [0.25, 0.3) is 0 Å². The van der Waals surface area contributed by atoms with Crippen LogP contribution in [0.1, 0.15) is 44.1 Å². The van der Waals surface area contributed by atoms with E-state index in [9.17, 15) is 4.79 Å². The predicted molar refractivity (Wildman–Crippen MR) is 86.2 cm³/mol. The molecule has 21 heavy (non-hydrogen) atoms. The smallest absolute Gasteiger partial charge is 0.224 e. The third-order valence-electron chi connectivity index (χ3n) is 4.11. The number of rotatable bonds is 8. The molecule has 0 atom stereocenters. The summed E-state index contributed by atoms with van der Waals surface area (Å²) in [5.41, 5.74) is 8.22. The van der Waals surface area contributed by atoms with E-state index in [1.165, 1.54) is 25.7 Å². The van der Waals surface area contributed by atoms with Gasteiger partial charge in [0, 0.05) is 31.0 Å². The lowest BCUT2D eigenvalue weighted by Gasteiger charge is -2.24. The van der Waals surface area contributed by atoms with Crippen LogP contribution < -0.4 is 11.1 Å². The van der Waals surface area contributed by atoms with Gasteiger partial charge < -0.3 is 15.8 Å². The molecule has 116 valence electrons. The molecule has 0 bridgehead atoms. The molecule has 1 aromatic rings. The number of nitrogens with two attached hydrogens (primary N) is 1. The number of nitrogens with one attached hydrogen (secondary N) is 1. The Balaban J connectivity index is 1.56. The van der Waals surface area contributed by atoms with E-state index in [0.717, 1.165) is 30.2 Å². The molecule has 1 amide bonds. The number of carbonyl (C=O) groups is 1. The number of anilines is 2. The monoisotopic (exact) mass is 290 g/mol. The van der Waals surface area contributed by atoms with Crippen LogP contribution in [-0.4, -0.2) is 19.1 Å². The summed E-state index contributed by atoms with van der Waals surface area (Å²) in [5.74, 6) is 0.923. The zero-order valence-electron chi connectivity index (χ0n) is 12.9. The molecule has 1 saturated carbocycles.